The number of nitrogens with zero attached hydrogens (tertiary/aromatic N) is 18. The fourth-order valence-corrected chi connectivity index (χ4v) is 19.2. The molecular weight excluding hydrogens is 1750 g/mol. The van der Waals surface area contributed by atoms with Crippen LogP contribution in [0.25, 0.3) is 0 Å². The van der Waals surface area contributed by atoms with Crippen LogP contribution in [0.15, 0.2) is 174 Å². The minimum atomic E-state index is -3.68. The number of hydrogen-bond acceptors (Lipinski definition) is 29. The summed E-state index contributed by atoms with van der Waals surface area (Å²) in [5.41, 5.74) is 16.4. The van der Waals surface area contributed by atoms with Gasteiger partial charge < -0.3 is 45.6 Å². The van der Waals surface area contributed by atoms with Gasteiger partial charge >= 0.3 is 6.09 Å². The number of aryl methyl sites for hydroxylation is 4. The predicted octanol–water partition coefficient (Wildman–Crippen LogP) is 8.00. The first-order chi connectivity index (χ1) is 62.8. The van der Waals surface area contributed by atoms with E-state index >= 15 is 0 Å². The van der Waals surface area contributed by atoms with Crippen LogP contribution in [0.4, 0.5) is 33.5 Å². The Hall–Kier alpha value is -12.9. The van der Waals surface area contributed by atoms with Gasteiger partial charge in [-0.1, -0.05) is 77.7 Å². The van der Waals surface area contributed by atoms with Crippen molar-refractivity contribution in [2.24, 2.45) is 5.73 Å². The van der Waals surface area contributed by atoms with Crippen LogP contribution in [0.1, 0.15) is 149 Å². The van der Waals surface area contributed by atoms with E-state index < -0.39 is 62.9 Å². The Morgan fingerprint density at radius 2 is 0.811 bits per heavy atom. The molecule has 5 amide bonds. The summed E-state index contributed by atoms with van der Waals surface area (Å²) in [6.45, 7) is 25.5. The maximum absolute atomic E-state index is 14.0. The van der Waals surface area contributed by atoms with E-state index in [1.54, 1.807) is 66.3 Å². The molecule has 4 spiro atoms. The topological polar surface area (TPSA) is 476 Å². The van der Waals surface area contributed by atoms with Crippen LogP contribution < -0.4 is 36.0 Å². The Morgan fingerprint density at radius 1 is 0.470 bits per heavy atom. The van der Waals surface area contributed by atoms with Gasteiger partial charge in [-0.3, -0.25) is 49.1 Å². The van der Waals surface area contributed by atoms with Crippen molar-refractivity contribution in [2.45, 2.75) is 170 Å². The highest BCUT2D eigenvalue weighted by Gasteiger charge is 2.58. The van der Waals surface area contributed by atoms with Gasteiger partial charge in [-0.2, -0.15) is 15.3 Å². The number of aromatic nitrogens is 14. The van der Waals surface area contributed by atoms with Gasteiger partial charge in [0.25, 0.3) is 0 Å². The number of anilines is 5. The second-order valence-electron chi connectivity index (χ2n) is 35.4. The van der Waals surface area contributed by atoms with E-state index in [4.69, 9.17) is 15.5 Å². The van der Waals surface area contributed by atoms with Gasteiger partial charge in [0.05, 0.1) is 54.6 Å². The number of H-pyrrole nitrogens is 3. The summed E-state index contributed by atoms with van der Waals surface area (Å²) in [5.74, 6) is 0.389. The molecule has 0 saturated carbocycles. The van der Waals surface area contributed by atoms with E-state index in [0.29, 0.717) is 125 Å². The highest BCUT2D eigenvalue weighted by atomic mass is 32.2. The standard InChI is InChI=1S/C23H27N7O.C23H28N4O5S.C22H24N6O3S.C18H20N4O3S.C4H4N2O.C2H7N/c1-3-24-22-25-12-17-13-30(19-6-4-16(2)5-7-19)21(31)23(20(17)27-22)9-11-29(15-23)14-18-8-10-26-28-18;1-15-6-8-17(9-7-15)27-13-16-12-24-20(33(5,30)31)25-18(16)23(19(27)28)10-11-26(14-23)21(29)32-22(2,3)4;1-15-3-5-18(6-4-15)28-12-16-11-23-21(32(2,30)31)25-19(16)22(20(28)29)8-10-27(14-22)13-17-7-9-24-26-17;1-12-3-5-14(6-4-12)22-10-13-9-20-17(26(2,24)25)21-15(13)18(16(22)23)7-8-19-11-18;7-3-4-1-2-5-6-4;1-2-3/h4-8,10,12H,3,9,11,13-15H2,1-2H3,(H,26,28)(H,24,25,27);6-9,12H,10-11,13-14H2,1-5H3;3-7,9,11H,8,10,12-14H2,1-2H3,(H,24,26);3-6,9,19H,7-8,10-11H2,1-2H3;1-3H,(H,5,6);2-3H2,1H3. The maximum Gasteiger partial charge on any atom is 0.410 e. The molecular formula is C92H110N24O13S3. The summed E-state index contributed by atoms with van der Waals surface area (Å²) in [6.07, 6.45) is 17.0. The smallest absolute Gasteiger partial charge is 0.410 e. The molecule has 19 rings (SSSR count). The molecule has 4 unspecified atom stereocenters. The number of amides is 5. The second-order valence-corrected chi connectivity index (χ2v) is 41.2. The third-order valence-corrected chi connectivity index (χ3v) is 26.8. The Kier molecular flexibility index (Phi) is 28.1. The number of aromatic amines is 3. The van der Waals surface area contributed by atoms with E-state index in [9.17, 15) is 54.0 Å². The lowest BCUT2D eigenvalue weighted by atomic mass is 9.77. The van der Waals surface area contributed by atoms with E-state index in [1.807, 2.05) is 143 Å². The third kappa shape index (κ3) is 20.4. The Morgan fingerprint density at radius 3 is 1.13 bits per heavy atom. The molecule has 4 aromatic carbocycles. The SMILES string of the molecule is CCN.CCNc1ncc2c(n1)C1(CCN(Cc3ccn[nH]3)C1)C(=O)N(c1ccc(C)cc1)C2.Cc1ccc(N2Cc3cnc(S(C)(=O)=O)nc3C3(CCN(C(=O)OC(C)(C)C)C3)C2=O)cc1.Cc1ccc(N2Cc3cnc(S(C)(=O)=O)nc3C3(CCN(Cc4ccn[nH]4)C3)C2=O)cc1.Cc1ccc(N2Cc3cnc(S(C)(=O)=O)nc3C3(CCNC3)C2=O)cc1.O=Cc1ccn[nH]1. The van der Waals surface area contributed by atoms with Gasteiger partial charge in [-0.25, -0.2) is 69.9 Å². The number of carbonyl (C=O) groups is 6. The van der Waals surface area contributed by atoms with Gasteiger partial charge in [-0.05, 0) is 161 Å². The zero-order valence-electron chi connectivity index (χ0n) is 75.9. The summed E-state index contributed by atoms with van der Waals surface area (Å²) in [6, 6.07) is 36.9. The Bertz CT molecular complexity index is 6410. The maximum atomic E-state index is 14.0. The average molecular weight is 1860 g/mol. The lowest BCUT2D eigenvalue weighted by Gasteiger charge is -2.40. The molecule has 0 bridgehead atoms. The molecule has 4 atom stereocenters. The predicted molar refractivity (Wildman–Crippen MR) is 493 cm³/mol. The summed E-state index contributed by atoms with van der Waals surface area (Å²) in [7, 11) is -10.8. The molecule has 15 heterocycles. The van der Waals surface area contributed by atoms with Gasteiger partial charge in [0.1, 0.15) is 27.3 Å². The molecule has 8 aliphatic rings. The third-order valence-electron chi connectivity index (χ3n) is 24.2. The van der Waals surface area contributed by atoms with Crippen molar-refractivity contribution in [1.82, 2.24) is 90.5 Å². The minimum Gasteiger partial charge on any atom is -0.444 e. The minimum absolute atomic E-state index is 0.0444. The zero-order chi connectivity index (χ0) is 94.5. The van der Waals surface area contributed by atoms with Gasteiger partial charge in [0, 0.05) is 184 Å². The van der Waals surface area contributed by atoms with Crippen LogP contribution in [-0.2, 0) is 114 Å². The second kappa shape index (κ2) is 38.9. The number of benzene rings is 4. The molecule has 7 aromatic heterocycles. The van der Waals surface area contributed by atoms with E-state index in [0.717, 1.165) is 125 Å². The summed E-state index contributed by atoms with van der Waals surface area (Å²) < 4.78 is 77.9. The molecule has 7 N–H and O–H groups in total. The lowest BCUT2D eigenvalue weighted by Crippen LogP contribution is -2.54. The molecule has 4 saturated heterocycles. The van der Waals surface area contributed by atoms with Crippen molar-refractivity contribution in [3.8, 4) is 0 Å². The monoisotopic (exact) mass is 1850 g/mol. The fourth-order valence-electron chi connectivity index (χ4n) is 17.7. The highest BCUT2D eigenvalue weighted by molar-refractivity contribution is 7.91. The number of sulfone groups is 3. The Balaban J connectivity index is 0.000000137. The Labute approximate surface area is 766 Å². The van der Waals surface area contributed by atoms with E-state index in [1.165, 1.54) is 22.9 Å². The van der Waals surface area contributed by atoms with Crippen molar-refractivity contribution >= 4 is 94.2 Å². The van der Waals surface area contributed by atoms with Gasteiger partial charge in [0.15, 0.2) is 6.29 Å². The molecule has 37 nitrogen and oxygen atoms in total. The van der Waals surface area contributed by atoms with Crippen LogP contribution in [0, 0.1) is 27.7 Å². The molecule has 132 heavy (non-hydrogen) atoms. The molecule has 8 aliphatic heterocycles. The number of nitrogens with two attached hydrogens (primary N) is 1. The number of fused-ring (bicyclic) bond motifs is 8. The van der Waals surface area contributed by atoms with Crippen molar-refractivity contribution in [3.05, 3.63) is 243 Å². The summed E-state index contributed by atoms with van der Waals surface area (Å²) in [5, 5.41) is 25.7. The quantitative estimate of drug-likeness (QED) is 0.0443. The first kappa shape index (κ1) is 95.2. The number of aldehydes is 1. The average Bonchev–Trinajstić information content (AvgIpc) is 1.53. The van der Waals surface area contributed by atoms with Crippen molar-refractivity contribution in [1.29, 1.82) is 0 Å². The summed E-state index contributed by atoms with van der Waals surface area (Å²) >= 11 is 0. The van der Waals surface area contributed by atoms with E-state index in [2.05, 4.69) is 105 Å². The molecule has 40 heteroatoms. The van der Waals surface area contributed by atoms with Crippen LogP contribution in [0.5, 0.6) is 0 Å². The number of likely N-dealkylation sites (tertiary alicyclic amines) is 3. The fraction of sp³-hybridized carbons (Fsp3) is 0.402. The molecule has 0 aliphatic carbocycles. The van der Waals surface area contributed by atoms with Crippen molar-refractivity contribution in [2.75, 3.05) is 109 Å². The molecule has 694 valence electrons. The molecule has 11 aromatic rings. The van der Waals surface area contributed by atoms with Crippen LogP contribution >= 0.6 is 0 Å². The normalized spacial score (nSPS) is 20.4. The lowest BCUT2D eigenvalue weighted by molar-refractivity contribution is -0.125. The largest absolute Gasteiger partial charge is 0.444 e. The van der Waals surface area contributed by atoms with Crippen LogP contribution in [0.3, 0.4) is 0 Å². The van der Waals surface area contributed by atoms with Gasteiger partial charge in [-0.15, -0.1) is 0 Å². The van der Waals surface area contributed by atoms with E-state index in [-0.39, 0.29) is 52.2 Å². The number of nitrogens with one attached hydrogen (secondary N) is 5. The molecule has 4 fully saturated rings. The highest BCUT2D eigenvalue weighted by Crippen LogP contribution is 2.48. The number of rotatable bonds is 14. The van der Waals surface area contributed by atoms with Crippen LogP contribution in [0.2, 0.25) is 0 Å². The zero-order valence-corrected chi connectivity index (χ0v) is 78.3. The van der Waals surface area contributed by atoms with Crippen molar-refractivity contribution < 1.29 is 58.8 Å². The van der Waals surface area contributed by atoms with Crippen LogP contribution in [-0.4, -0.2) is 236 Å². The van der Waals surface area contributed by atoms with Gasteiger partial charge in [0.2, 0.25) is 74.6 Å². The number of ether oxygens (including phenoxy) is 1. The number of carbonyl (C=O) groups excluding carboxylic acids is 6. The first-order valence-electron chi connectivity index (χ1n) is 43.4. The van der Waals surface area contributed by atoms with Crippen molar-refractivity contribution in [3.63, 3.8) is 0 Å². The number of hydrogen-bond donors (Lipinski definition) is 6. The summed E-state index contributed by atoms with van der Waals surface area (Å²) in [4.78, 5) is 126. The molecule has 0 radical (unpaired) electrons. The first-order valence-corrected chi connectivity index (χ1v) is 49.1.